The summed E-state index contributed by atoms with van der Waals surface area (Å²) in [4.78, 5) is 14.0. The molecule has 0 unspecified atom stereocenters. The molecule has 1 saturated heterocycles. The van der Waals surface area contributed by atoms with Crippen LogP contribution in [0.1, 0.15) is 33.6 Å². The van der Waals surface area contributed by atoms with Gasteiger partial charge in [-0.05, 0) is 33.6 Å². The van der Waals surface area contributed by atoms with E-state index in [1.165, 1.54) is 5.20 Å². The molecule has 4 heteroatoms. The molecule has 1 rings (SSSR count). The van der Waals surface area contributed by atoms with Crippen molar-refractivity contribution in [2.75, 3.05) is 6.54 Å². The first-order valence-corrected chi connectivity index (χ1v) is 10.2. The van der Waals surface area contributed by atoms with Crippen LogP contribution in [0.5, 0.6) is 0 Å². The molecule has 0 aliphatic carbocycles. The minimum atomic E-state index is -1.42. The van der Waals surface area contributed by atoms with Gasteiger partial charge in [-0.3, -0.25) is 0 Å². The van der Waals surface area contributed by atoms with Crippen molar-refractivity contribution >= 4 is 14.2 Å². The largest absolute Gasteiger partial charge is 0.444 e. The average molecular weight is 269 g/mol. The van der Waals surface area contributed by atoms with Gasteiger partial charge in [0.05, 0.1) is 14.1 Å². The molecule has 0 radical (unpaired) electrons. The summed E-state index contributed by atoms with van der Waals surface area (Å²) in [6, 6.07) is 0.187. The second-order valence-corrected chi connectivity index (χ2v) is 12.2. The SMILES string of the molecule is C=C([C@H]1CCCN1C(=O)OC(C)(C)C)[Si](C)(C)C. The summed E-state index contributed by atoms with van der Waals surface area (Å²) in [5.41, 5.74) is -0.426. The molecule has 0 aromatic heterocycles. The zero-order chi connectivity index (χ0) is 14.1. The van der Waals surface area contributed by atoms with Gasteiger partial charge < -0.3 is 9.64 Å². The van der Waals surface area contributed by atoms with Crippen molar-refractivity contribution < 1.29 is 9.53 Å². The van der Waals surface area contributed by atoms with Crippen LogP contribution < -0.4 is 0 Å². The van der Waals surface area contributed by atoms with Gasteiger partial charge >= 0.3 is 6.09 Å². The maximum atomic E-state index is 12.2. The number of rotatable bonds is 2. The minimum Gasteiger partial charge on any atom is -0.444 e. The zero-order valence-electron chi connectivity index (χ0n) is 12.7. The highest BCUT2D eigenvalue weighted by Crippen LogP contribution is 2.29. The van der Waals surface area contributed by atoms with Gasteiger partial charge in [0, 0.05) is 6.54 Å². The molecule has 104 valence electrons. The highest BCUT2D eigenvalue weighted by atomic mass is 28.3. The van der Waals surface area contributed by atoms with Gasteiger partial charge in [0.25, 0.3) is 0 Å². The fourth-order valence-corrected chi connectivity index (χ4v) is 3.47. The second-order valence-electron chi connectivity index (χ2n) is 7.11. The molecule has 18 heavy (non-hydrogen) atoms. The molecule has 1 heterocycles. The van der Waals surface area contributed by atoms with Crippen LogP contribution in [0.2, 0.25) is 19.6 Å². The van der Waals surface area contributed by atoms with Crippen molar-refractivity contribution in [3.05, 3.63) is 11.8 Å². The average Bonchev–Trinajstić information content (AvgIpc) is 2.60. The van der Waals surface area contributed by atoms with Crippen LogP contribution in [0.3, 0.4) is 0 Å². The molecule has 0 bridgehead atoms. The Morgan fingerprint density at radius 2 is 1.89 bits per heavy atom. The third kappa shape index (κ3) is 3.87. The maximum Gasteiger partial charge on any atom is 0.410 e. The minimum absolute atomic E-state index is 0.187. The smallest absolute Gasteiger partial charge is 0.410 e. The molecule has 1 aliphatic rings. The lowest BCUT2D eigenvalue weighted by Crippen LogP contribution is -2.44. The Hall–Kier alpha value is -0.773. The monoisotopic (exact) mass is 269 g/mol. The Morgan fingerprint density at radius 3 is 2.33 bits per heavy atom. The Kier molecular flexibility index (Phi) is 4.31. The van der Waals surface area contributed by atoms with E-state index in [4.69, 9.17) is 4.74 Å². The molecule has 0 spiro atoms. The third-order valence-corrected chi connectivity index (χ3v) is 5.51. The molecule has 1 amide bonds. The van der Waals surface area contributed by atoms with Crippen molar-refractivity contribution in [1.29, 1.82) is 0 Å². The Balaban J connectivity index is 2.77. The molecule has 0 N–H and O–H groups in total. The van der Waals surface area contributed by atoms with E-state index in [2.05, 4.69) is 26.2 Å². The van der Waals surface area contributed by atoms with Crippen molar-refractivity contribution in [3.8, 4) is 0 Å². The van der Waals surface area contributed by atoms with Gasteiger partial charge in [-0.15, -0.1) is 6.58 Å². The molecule has 0 aromatic carbocycles. The standard InChI is InChI=1S/C14H27NO2Si/c1-11(18(5,6)7)12-9-8-10-15(12)13(16)17-14(2,3)4/h12H,1,8-10H2,2-7H3/t12-/m1/s1. The number of carbonyl (C=O) groups is 1. The lowest BCUT2D eigenvalue weighted by molar-refractivity contribution is 0.0253. The third-order valence-electron chi connectivity index (χ3n) is 3.25. The lowest BCUT2D eigenvalue weighted by atomic mass is 10.2. The fourth-order valence-electron chi connectivity index (χ4n) is 2.17. The Bertz CT molecular complexity index is 339. The predicted molar refractivity (Wildman–Crippen MR) is 78.4 cm³/mol. The quantitative estimate of drug-likeness (QED) is 0.713. The van der Waals surface area contributed by atoms with Gasteiger partial charge in [0.1, 0.15) is 5.60 Å². The summed E-state index contributed by atoms with van der Waals surface area (Å²) in [7, 11) is -1.42. The fraction of sp³-hybridized carbons (Fsp3) is 0.786. The lowest BCUT2D eigenvalue weighted by Gasteiger charge is -2.33. The van der Waals surface area contributed by atoms with Gasteiger partial charge in [-0.25, -0.2) is 4.79 Å². The summed E-state index contributed by atoms with van der Waals surface area (Å²) < 4.78 is 5.48. The number of amides is 1. The van der Waals surface area contributed by atoms with E-state index in [1.807, 2.05) is 25.7 Å². The number of likely N-dealkylation sites (tertiary alicyclic amines) is 1. The molecule has 0 aromatic rings. The summed E-state index contributed by atoms with van der Waals surface area (Å²) in [5, 5.41) is 1.26. The number of hydrogen-bond acceptors (Lipinski definition) is 2. The van der Waals surface area contributed by atoms with Gasteiger partial charge in [-0.2, -0.15) is 0 Å². The van der Waals surface area contributed by atoms with E-state index in [0.29, 0.717) is 0 Å². The van der Waals surface area contributed by atoms with E-state index < -0.39 is 13.7 Å². The first-order valence-electron chi connectivity index (χ1n) is 6.71. The first-order chi connectivity index (χ1) is 8.02. The highest BCUT2D eigenvalue weighted by molar-refractivity contribution is 6.83. The van der Waals surface area contributed by atoms with Crippen molar-refractivity contribution in [3.63, 3.8) is 0 Å². The molecule has 1 fully saturated rings. The van der Waals surface area contributed by atoms with Gasteiger partial charge in [0.2, 0.25) is 0 Å². The Morgan fingerprint density at radius 1 is 1.33 bits per heavy atom. The Labute approximate surface area is 112 Å². The number of carbonyl (C=O) groups excluding carboxylic acids is 1. The van der Waals surface area contributed by atoms with Crippen LogP contribution >= 0.6 is 0 Å². The molecule has 3 nitrogen and oxygen atoms in total. The van der Waals surface area contributed by atoms with E-state index in [1.54, 1.807) is 0 Å². The van der Waals surface area contributed by atoms with E-state index in [-0.39, 0.29) is 12.1 Å². The van der Waals surface area contributed by atoms with Crippen LogP contribution in [0, 0.1) is 0 Å². The highest BCUT2D eigenvalue weighted by Gasteiger charge is 2.37. The van der Waals surface area contributed by atoms with Gasteiger partial charge in [0.15, 0.2) is 0 Å². The van der Waals surface area contributed by atoms with Crippen molar-refractivity contribution in [2.24, 2.45) is 0 Å². The topological polar surface area (TPSA) is 29.5 Å². The number of nitrogens with zero attached hydrogens (tertiary/aromatic N) is 1. The summed E-state index contributed by atoms with van der Waals surface area (Å²) >= 11 is 0. The summed E-state index contributed by atoms with van der Waals surface area (Å²) in [5.74, 6) is 0. The van der Waals surface area contributed by atoms with Crippen LogP contribution in [0.25, 0.3) is 0 Å². The molecular weight excluding hydrogens is 242 g/mol. The van der Waals surface area contributed by atoms with E-state index >= 15 is 0 Å². The van der Waals surface area contributed by atoms with Crippen LogP contribution in [0.15, 0.2) is 11.8 Å². The van der Waals surface area contributed by atoms with Crippen LogP contribution in [-0.2, 0) is 4.74 Å². The zero-order valence-corrected chi connectivity index (χ0v) is 13.7. The number of hydrogen-bond donors (Lipinski definition) is 0. The van der Waals surface area contributed by atoms with E-state index in [0.717, 1.165) is 19.4 Å². The normalized spacial score (nSPS) is 21.0. The van der Waals surface area contributed by atoms with Gasteiger partial charge in [-0.1, -0.05) is 24.8 Å². The van der Waals surface area contributed by atoms with Crippen molar-refractivity contribution in [1.82, 2.24) is 4.90 Å². The summed E-state index contributed by atoms with van der Waals surface area (Å²) in [6.07, 6.45) is 1.89. The number of ether oxygens (including phenoxy) is 1. The molecule has 1 atom stereocenters. The van der Waals surface area contributed by atoms with Crippen LogP contribution in [0.4, 0.5) is 4.79 Å². The van der Waals surface area contributed by atoms with Crippen molar-refractivity contribution in [2.45, 2.75) is 64.9 Å². The molecule has 1 aliphatic heterocycles. The predicted octanol–water partition coefficient (Wildman–Crippen LogP) is 3.82. The van der Waals surface area contributed by atoms with Crippen LogP contribution in [-0.4, -0.2) is 37.3 Å². The molecular formula is C14H27NO2Si. The molecule has 0 saturated carbocycles. The maximum absolute atomic E-state index is 12.2. The second kappa shape index (κ2) is 5.08. The summed E-state index contributed by atoms with van der Waals surface area (Å²) in [6.45, 7) is 17.6. The first kappa shape index (κ1) is 15.3. The van der Waals surface area contributed by atoms with E-state index in [9.17, 15) is 4.79 Å².